The molecule has 0 fully saturated rings. The van der Waals surface area contributed by atoms with Crippen molar-refractivity contribution >= 4 is 5.91 Å². The van der Waals surface area contributed by atoms with E-state index in [1.807, 2.05) is 42.2 Å². The SMILES string of the molecule is CCCN1C(=O)c2[nH]nc(-c3ccc(OC)cc3)c2C1c1cccc(O)c1. The Hall–Kier alpha value is -3.28. The average molecular weight is 363 g/mol. The Bertz CT molecular complexity index is 979. The molecule has 1 unspecified atom stereocenters. The first-order valence-electron chi connectivity index (χ1n) is 8.96. The van der Waals surface area contributed by atoms with Gasteiger partial charge in [-0.3, -0.25) is 9.89 Å². The lowest BCUT2D eigenvalue weighted by molar-refractivity contribution is 0.0743. The van der Waals surface area contributed by atoms with E-state index in [4.69, 9.17) is 4.74 Å². The van der Waals surface area contributed by atoms with E-state index in [9.17, 15) is 9.90 Å². The van der Waals surface area contributed by atoms with Gasteiger partial charge in [0.25, 0.3) is 5.91 Å². The van der Waals surface area contributed by atoms with Gasteiger partial charge in [0.2, 0.25) is 0 Å². The number of phenols is 1. The van der Waals surface area contributed by atoms with Gasteiger partial charge in [-0.1, -0.05) is 19.1 Å². The minimum atomic E-state index is -0.282. The van der Waals surface area contributed by atoms with Crippen molar-refractivity contribution in [2.45, 2.75) is 19.4 Å². The molecule has 0 saturated heterocycles. The minimum Gasteiger partial charge on any atom is -0.508 e. The van der Waals surface area contributed by atoms with E-state index in [1.165, 1.54) is 0 Å². The lowest BCUT2D eigenvalue weighted by atomic mass is 9.96. The highest BCUT2D eigenvalue weighted by atomic mass is 16.5. The number of rotatable bonds is 5. The Morgan fingerprint density at radius 2 is 2.00 bits per heavy atom. The summed E-state index contributed by atoms with van der Waals surface area (Å²) in [7, 11) is 1.63. The van der Waals surface area contributed by atoms with Crippen LogP contribution in [0.2, 0.25) is 0 Å². The van der Waals surface area contributed by atoms with Gasteiger partial charge < -0.3 is 14.7 Å². The molecule has 0 saturated carbocycles. The third-order valence-electron chi connectivity index (χ3n) is 4.88. The summed E-state index contributed by atoms with van der Waals surface area (Å²) in [6.07, 6.45) is 0.844. The summed E-state index contributed by atoms with van der Waals surface area (Å²) in [4.78, 5) is 14.8. The van der Waals surface area contributed by atoms with Crippen LogP contribution in [0.25, 0.3) is 11.3 Å². The van der Waals surface area contributed by atoms with Crippen molar-refractivity contribution < 1.29 is 14.6 Å². The summed E-state index contributed by atoms with van der Waals surface area (Å²) < 4.78 is 5.23. The lowest BCUT2D eigenvalue weighted by Crippen LogP contribution is -2.30. The van der Waals surface area contributed by atoms with Crippen LogP contribution in [0.1, 0.15) is 41.0 Å². The van der Waals surface area contributed by atoms with E-state index in [0.29, 0.717) is 12.2 Å². The molecule has 6 heteroatoms. The van der Waals surface area contributed by atoms with Crippen LogP contribution in [0.3, 0.4) is 0 Å². The number of phenolic OH excluding ortho intramolecular Hbond substituents is 1. The number of aromatic hydroxyl groups is 1. The van der Waals surface area contributed by atoms with Crippen molar-refractivity contribution in [1.82, 2.24) is 15.1 Å². The first kappa shape index (κ1) is 17.1. The first-order valence-corrected chi connectivity index (χ1v) is 8.96. The van der Waals surface area contributed by atoms with Gasteiger partial charge in [0.05, 0.1) is 18.8 Å². The maximum absolute atomic E-state index is 13.0. The molecule has 3 aromatic rings. The second-order valence-corrected chi connectivity index (χ2v) is 6.59. The van der Waals surface area contributed by atoms with E-state index in [1.54, 1.807) is 25.3 Å². The van der Waals surface area contributed by atoms with Crippen LogP contribution in [-0.2, 0) is 0 Å². The zero-order valence-electron chi connectivity index (χ0n) is 15.3. The quantitative estimate of drug-likeness (QED) is 0.724. The number of aromatic amines is 1. The molecule has 1 aliphatic rings. The molecule has 1 aromatic heterocycles. The highest BCUT2D eigenvalue weighted by Crippen LogP contribution is 2.43. The van der Waals surface area contributed by atoms with Crippen LogP contribution >= 0.6 is 0 Å². The Balaban J connectivity index is 1.86. The van der Waals surface area contributed by atoms with Crippen molar-refractivity contribution in [1.29, 1.82) is 0 Å². The molecular weight excluding hydrogens is 342 g/mol. The van der Waals surface area contributed by atoms with Gasteiger partial charge in [0.15, 0.2) is 0 Å². The van der Waals surface area contributed by atoms with Gasteiger partial charge in [0.1, 0.15) is 17.2 Å². The molecular formula is C21H21N3O3. The molecule has 0 aliphatic carbocycles. The number of carbonyl (C=O) groups excluding carboxylic acids is 1. The van der Waals surface area contributed by atoms with E-state index in [-0.39, 0.29) is 17.7 Å². The number of benzene rings is 2. The zero-order valence-corrected chi connectivity index (χ0v) is 15.3. The van der Waals surface area contributed by atoms with Gasteiger partial charge >= 0.3 is 0 Å². The number of ether oxygens (including phenoxy) is 1. The largest absolute Gasteiger partial charge is 0.508 e. The molecule has 27 heavy (non-hydrogen) atoms. The number of methoxy groups -OCH3 is 1. The molecule has 2 N–H and O–H groups in total. The van der Waals surface area contributed by atoms with E-state index < -0.39 is 0 Å². The van der Waals surface area contributed by atoms with Crippen molar-refractivity contribution in [2.75, 3.05) is 13.7 Å². The second-order valence-electron chi connectivity index (χ2n) is 6.59. The van der Waals surface area contributed by atoms with Gasteiger partial charge in [-0.25, -0.2) is 0 Å². The van der Waals surface area contributed by atoms with Crippen LogP contribution in [-0.4, -0.2) is 39.8 Å². The molecule has 1 amide bonds. The fraction of sp³-hybridized carbons (Fsp3) is 0.238. The molecule has 0 bridgehead atoms. The summed E-state index contributed by atoms with van der Waals surface area (Å²) in [5.41, 5.74) is 3.89. The highest BCUT2D eigenvalue weighted by molar-refractivity contribution is 6.00. The third kappa shape index (κ3) is 2.83. The van der Waals surface area contributed by atoms with Crippen molar-refractivity contribution in [2.24, 2.45) is 0 Å². The monoisotopic (exact) mass is 363 g/mol. The van der Waals surface area contributed by atoms with Gasteiger partial charge in [0, 0.05) is 17.7 Å². The van der Waals surface area contributed by atoms with Gasteiger partial charge in [-0.15, -0.1) is 0 Å². The first-order chi connectivity index (χ1) is 13.1. The number of H-pyrrole nitrogens is 1. The summed E-state index contributed by atoms with van der Waals surface area (Å²) in [5, 5.41) is 17.3. The molecule has 2 aromatic carbocycles. The number of carbonyl (C=O) groups is 1. The number of nitrogens with one attached hydrogen (secondary N) is 1. The Kier molecular flexibility index (Phi) is 4.32. The van der Waals surface area contributed by atoms with Crippen LogP contribution in [0, 0.1) is 0 Å². The third-order valence-corrected chi connectivity index (χ3v) is 4.88. The van der Waals surface area contributed by atoms with Crippen LogP contribution in [0.15, 0.2) is 48.5 Å². The summed E-state index contributed by atoms with van der Waals surface area (Å²) in [5.74, 6) is 0.881. The summed E-state index contributed by atoms with van der Waals surface area (Å²) >= 11 is 0. The topological polar surface area (TPSA) is 78.5 Å². The average Bonchev–Trinajstić information content (AvgIpc) is 3.22. The number of hydrogen-bond acceptors (Lipinski definition) is 4. The van der Waals surface area contributed by atoms with E-state index >= 15 is 0 Å². The smallest absolute Gasteiger partial charge is 0.273 e. The molecule has 4 rings (SSSR count). The molecule has 1 aliphatic heterocycles. The van der Waals surface area contributed by atoms with Crippen molar-refractivity contribution in [3.63, 3.8) is 0 Å². The number of nitrogens with zero attached hydrogens (tertiary/aromatic N) is 2. The van der Waals surface area contributed by atoms with Crippen LogP contribution in [0.4, 0.5) is 0 Å². The molecule has 1 atom stereocenters. The normalized spacial score (nSPS) is 15.9. The minimum absolute atomic E-state index is 0.0625. The predicted octanol–water partition coefficient (Wildman–Crippen LogP) is 3.75. The Morgan fingerprint density at radius 3 is 2.67 bits per heavy atom. The van der Waals surface area contributed by atoms with Gasteiger partial charge in [-0.05, 0) is 48.4 Å². The standard InChI is InChI=1S/C21H21N3O3/c1-3-11-24-20(14-5-4-6-15(25)12-14)17-18(22-23-19(17)21(24)26)13-7-9-16(27-2)10-8-13/h4-10,12,20,25H,3,11H2,1-2H3,(H,22,23). The maximum Gasteiger partial charge on any atom is 0.273 e. The van der Waals surface area contributed by atoms with E-state index in [0.717, 1.165) is 34.6 Å². The number of amides is 1. The van der Waals surface area contributed by atoms with Crippen molar-refractivity contribution in [3.05, 3.63) is 65.4 Å². The van der Waals surface area contributed by atoms with Gasteiger partial charge in [-0.2, -0.15) is 5.10 Å². The molecule has 0 spiro atoms. The molecule has 2 heterocycles. The maximum atomic E-state index is 13.0. The summed E-state index contributed by atoms with van der Waals surface area (Å²) in [6, 6.07) is 14.4. The number of aromatic nitrogens is 2. The Labute approximate surface area is 157 Å². The van der Waals surface area contributed by atoms with Crippen molar-refractivity contribution in [3.8, 4) is 22.8 Å². The Morgan fingerprint density at radius 1 is 1.22 bits per heavy atom. The molecule has 6 nitrogen and oxygen atoms in total. The highest BCUT2D eigenvalue weighted by Gasteiger charge is 2.41. The zero-order chi connectivity index (χ0) is 19.0. The molecule has 0 radical (unpaired) electrons. The second kappa shape index (κ2) is 6.79. The summed E-state index contributed by atoms with van der Waals surface area (Å²) in [6.45, 7) is 2.67. The van der Waals surface area contributed by atoms with Crippen LogP contribution in [0.5, 0.6) is 11.5 Å². The lowest BCUT2D eigenvalue weighted by Gasteiger charge is -2.26. The van der Waals surface area contributed by atoms with E-state index in [2.05, 4.69) is 10.2 Å². The number of fused-ring (bicyclic) bond motifs is 1. The fourth-order valence-corrected chi connectivity index (χ4v) is 3.68. The number of hydrogen-bond donors (Lipinski definition) is 2. The fourth-order valence-electron chi connectivity index (χ4n) is 3.68. The van der Waals surface area contributed by atoms with Crippen LogP contribution < -0.4 is 4.74 Å². The predicted molar refractivity (Wildman–Crippen MR) is 102 cm³/mol. The molecule has 138 valence electrons.